The molecule has 90 valence electrons. The molecule has 1 fully saturated rings. The number of nitrogens with one attached hydrogen (secondary N) is 1. The Balaban J connectivity index is 1.63. The molecule has 1 N–H and O–H groups in total. The Morgan fingerprint density at radius 1 is 1.18 bits per heavy atom. The molecule has 2 aromatic heterocycles. The highest BCUT2D eigenvalue weighted by Crippen LogP contribution is 2.07. The van der Waals surface area contributed by atoms with Gasteiger partial charge in [-0.15, -0.1) is 0 Å². The first-order valence-corrected chi connectivity index (χ1v) is 6.27. The number of hydrogen-bond acceptors (Lipinski definition) is 3. The Kier molecular flexibility index (Phi) is 3.07. The van der Waals surface area contributed by atoms with Crippen molar-refractivity contribution in [1.29, 1.82) is 0 Å². The molecule has 0 bridgehead atoms. The predicted molar refractivity (Wildman–Crippen MR) is 68.2 cm³/mol. The fraction of sp³-hybridized carbons (Fsp3) is 0.462. The van der Waals surface area contributed by atoms with E-state index in [9.17, 15) is 0 Å². The summed E-state index contributed by atoms with van der Waals surface area (Å²) in [6, 6.07) is 6.37. The molecule has 0 aliphatic carbocycles. The molecular formula is C13H18N4. The minimum Gasteiger partial charge on any atom is -0.314 e. The molecule has 0 amide bonds. The van der Waals surface area contributed by atoms with Crippen LogP contribution in [0.5, 0.6) is 0 Å². The number of hydrogen-bond donors (Lipinski definition) is 1. The summed E-state index contributed by atoms with van der Waals surface area (Å²) in [4.78, 5) is 2.52. The van der Waals surface area contributed by atoms with Crippen molar-refractivity contribution in [3.8, 4) is 0 Å². The molecular weight excluding hydrogens is 212 g/mol. The fourth-order valence-corrected chi connectivity index (χ4v) is 2.33. The Morgan fingerprint density at radius 3 is 2.94 bits per heavy atom. The van der Waals surface area contributed by atoms with Crippen molar-refractivity contribution in [2.24, 2.45) is 0 Å². The van der Waals surface area contributed by atoms with E-state index in [4.69, 9.17) is 0 Å². The smallest absolute Gasteiger partial charge is 0.0661 e. The second-order valence-corrected chi connectivity index (χ2v) is 4.58. The first kappa shape index (κ1) is 10.7. The zero-order valence-electron chi connectivity index (χ0n) is 9.97. The maximum Gasteiger partial charge on any atom is 0.0661 e. The zero-order valence-corrected chi connectivity index (χ0v) is 9.97. The van der Waals surface area contributed by atoms with Gasteiger partial charge in [0.05, 0.1) is 5.52 Å². The number of pyridine rings is 1. The van der Waals surface area contributed by atoms with Crippen molar-refractivity contribution >= 4 is 5.52 Å². The molecule has 0 unspecified atom stereocenters. The van der Waals surface area contributed by atoms with Gasteiger partial charge in [0, 0.05) is 45.1 Å². The maximum absolute atomic E-state index is 4.27. The normalized spacial score (nSPS) is 17.6. The van der Waals surface area contributed by atoms with Crippen molar-refractivity contribution in [1.82, 2.24) is 19.8 Å². The molecule has 3 heterocycles. The van der Waals surface area contributed by atoms with Crippen molar-refractivity contribution in [2.75, 3.05) is 32.7 Å². The van der Waals surface area contributed by atoms with Crippen LogP contribution >= 0.6 is 0 Å². The summed E-state index contributed by atoms with van der Waals surface area (Å²) in [6.45, 7) is 5.73. The van der Waals surface area contributed by atoms with E-state index in [0.717, 1.165) is 31.6 Å². The van der Waals surface area contributed by atoms with Gasteiger partial charge in [-0.2, -0.15) is 5.10 Å². The van der Waals surface area contributed by atoms with Crippen LogP contribution in [-0.4, -0.2) is 47.2 Å². The van der Waals surface area contributed by atoms with E-state index in [2.05, 4.69) is 33.6 Å². The van der Waals surface area contributed by atoms with Crippen LogP contribution in [0.3, 0.4) is 0 Å². The molecule has 1 aliphatic heterocycles. The Labute approximate surface area is 101 Å². The molecule has 1 saturated heterocycles. The molecule has 17 heavy (non-hydrogen) atoms. The van der Waals surface area contributed by atoms with E-state index in [-0.39, 0.29) is 0 Å². The van der Waals surface area contributed by atoms with Crippen molar-refractivity contribution < 1.29 is 0 Å². The summed E-state index contributed by atoms with van der Waals surface area (Å²) in [5.41, 5.74) is 2.52. The van der Waals surface area contributed by atoms with E-state index in [1.165, 1.54) is 18.7 Å². The van der Waals surface area contributed by atoms with Gasteiger partial charge in [-0.1, -0.05) is 6.07 Å². The van der Waals surface area contributed by atoms with Gasteiger partial charge in [0.1, 0.15) is 0 Å². The van der Waals surface area contributed by atoms with E-state index >= 15 is 0 Å². The molecule has 0 atom stereocenters. The second kappa shape index (κ2) is 4.85. The van der Waals surface area contributed by atoms with Gasteiger partial charge in [-0.25, -0.2) is 4.52 Å². The van der Waals surface area contributed by atoms with Gasteiger partial charge in [0.2, 0.25) is 0 Å². The Bertz CT molecular complexity index is 485. The average molecular weight is 230 g/mol. The lowest BCUT2D eigenvalue weighted by Gasteiger charge is -2.27. The first-order chi connectivity index (χ1) is 8.42. The average Bonchev–Trinajstić information content (AvgIpc) is 2.85. The van der Waals surface area contributed by atoms with Crippen LogP contribution < -0.4 is 5.32 Å². The Morgan fingerprint density at radius 2 is 2.06 bits per heavy atom. The number of rotatable bonds is 3. The van der Waals surface area contributed by atoms with E-state index in [0.29, 0.717) is 0 Å². The van der Waals surface area contributed by atoms with Crippen molar-refractivity contribution in [2.45, 2.75) is 6.42 Å². The SMILES string of the molecule is c1cc2ccc(CCN3CCNCC3)cn2n1. The summed E-state index contributed by atoms with van der Waals surface area (Å²) in [6.07, 6.45) is 5.09. The summed E-state index contributed by atoms with van der Waals surface area (Å²) in [7, 11) is 0. The van der Waals surface area contributed by atoms with Crippen LogP contribution in [0, 0.1) is 0 Å². The van der Waals surface area contributed by atoms with Crippen LogP contribution in [0.1, 0.15) is 5.56 Å². The monoisotopic (exact) mass is 230 g/mol. The van der Waals surface area contributed by atoms with Gasteiger partial charge in [0.15, 0.2) is 0 Å². The second-order valence-electron chi connectivity index (χ2n) is 4.58. The molecule has 1 aliphatic rings. The molecule has 4 heteroatoms. The molecule has 0 spiro atoms. The fourth-order valence-electron chi connectivity index (χ4n) is 2.33. The lowest BCUT2D eigenvalue weighted by Crippen LogP contribution is -2.44. The van der Waals surface area contributed by atoms with Crippen LogP contribution in [0.15, 0.2) is 30.6 Å². The standard InChI is InChI=1S/C13H18N4/c1-2-13-3-5-15-17(13)11-12(1)4-8-16-9-6-14-7-10-16/h1-3,5,11,14H,4,6-10H2. The zero-order chi connectivity index (χ0) is 11.5. The van der Waals surface area contributed by atoms with Gasteiger partial charge in [-0.3, -0.25) is 0 Å². The van der Waals surface area contributed by atoms with Crippen LogP contribution in [0.25, 0.3) is 5.52 Å². The summed E-state index contributed by atoms with van der Waals surface area (Å²) in [5, 5.41) is 7.65. The largest absolute Gasteiger partial charge is 0.314 e. The Hall–Kier alpha value is -1.39. The van der Waals surface area contributed by atoms with Crippen LogP contribution in [0.2, 0.25) is 0 Å². The third-order valence-electron chi connectivity index (χ3n) is 3.38. The highest BCUT2D eigenvalue weighted by molar-refractivity contribution is 5.45. The van der Waals surface area contributed by atoms with Crippen molar-refractivity contribution in [3.63, 3.8) is 0 Å². The maximum atomic E-state index is 4.27. The van der Waals surface area contributed by atoms with Crippen LogP contribution in [0.4, 0.5) is 0 Å². The summed E-state index contributed by atoms with van der Waals surface area (Å²) in [5.74, 6) is 0. The predicted octanol–water partition coefficient (Wildman–Crippen LogP) is 0.782. The van der Waals surface area contributed by atoms with Gasteiger partial charge >= 0.3 is 0 Å². The molecule has 2 aromatic rings. The van der Waals surface area contributed by atoms with Gasteiger partial charge in [-0.05, 0) is 24.1 Å². The lowest BCUT2D eigenvalue weighted by atomic mass is 10.2. The topological polar surface area (TPSA) is 32.6 Å². The van der Waals surface area contributed by atoms with Gasteiger partial charge in [0.25, 0.3) is 0 Å². The summed E-state index contributed by atoms with van der Waals surface area (Å²) >= 11 is 0. The molecule has 3 rings (SSSR count). The van der Waals surface area contributed by atoms with E-state index < -0.39 is 0 Å². The number of fused-ring (bicyclic) bond motifs is 1. The van der Waals surface area contributed by atoms with E-state index in [1.54, 1.807) is 0 Å². The number of piperazine rings is 1. The van der Waals surface area contributed by atoms with Crippen LogP contribution in [-0.2, 0) is 6.42 Å². The first-order valence-electron chi connectivity index (χ1n) is 6.27. The van der Waals surface area contributed by atoms with Crippen molar-refractivity contribution in [3.05, 3.63) is 36.2 Å². The minimum absolute atomic E-state index is 1.11. The summed E-state index contributed by atoms with van der Waals surface area (Å²) < 4.78 is 1.95. The third kappa shape index (κ3) is 2.48. The van der Waals surface area contributed by atoms with E-state index in [1.807, 2.05) is 16.8 Å². The highest BCUT2D eigenvalue weighted by Gasteiger charge is 2.09. The molecule has 4 nitrogen and oxygen atoms in total. The molecule has 0 radical (unpaired) electrons. The molecule has 0 aromatic carbocycles. The third-order valence-corrected chi connectivity index (χ3v) is 3.38. The minimum atomic E-state index is 1.11. The number of nitrogens with zero attached hydrogens (tertiary/aromatic N) is 3. The number of aromatic nitrogens is 2. The molecule has 0 saturated carbocycles. The van der Waals surface area contributed by atoms with Gasteiger partial charge < -0.3 is 10.2 Å². The quantitative estimate of drug-likeness (QED) is 0.846. The lowest BCUT2D eigenvalue weighted by molar-refractivity contribution is 0.244. The highest BCUT2D eigenvalue weighted by atomic mass is 15.2.